The van der Waals surface area contributed by atoms with Gasteiger partial charge in [0.2, 0.25) is 0 Å². The Morgan fingerprint density at radius 1 is 0.476 bits per heavy atom. The molecule has 1 N–H and O–H groups in total. The van der Waals surface area contributed by atoms with Crippen molar-refractivity contribution in [2.24, 2.45) is 0 Å². The molecular weight excluding hydrogens is 763 g/mol. The molecule has 8 aromatic carbocycles. The molecule has 3 nitrogen and oxygen atoms in total. The number of hydrogen-bond acceptors (Lipinski definition) is 3. The maximum atomic E-state index is 5.41. The molecule has 9 aromatic rings. The van der Waals surface area contributed by atoms with Crippen LogP contribution in [0.25, 0.3) is 61.1 Å². The van der Waals surface area contributed by atoms with Crippen molar-refractivity contribution in [3.63, 3.8) is 0 Å². The molecule has 0 amide bonds. The molecule has 298 valence electrons. The Morgan fingerprint density at radius 2 is 1.06 bits per heavy atom. The van der Waals surface area contributed by atoms with Crippen LogP contribution in [0.4, 0.5) is 5.69 Å². The van der Waals surface area contributed by atoms with Gasteiger partial charge in [-0.1, -0.05) is 188 Å². The minimum absolute atomic E-state index is 0.0305. The Labute approximate surface area is 368 Å². The van der Waals surface area contributed by atoms with E-state index in [2.05, 4.69) is 224 Å². The number of allylic oxidation sites excluding steroid dienone is 4. The lowest BCUT2D eigenvalue weighted by Gasteiger charge is -2.30. The highest BCUT2D eigenvalue weighted by atomic mass is 14.9. The van der Waals surface area contributed by atoms with Crippen molar-refractivity contribution in [2.45, 2.75) is 24.8 Å². The maximum Gasteiger partial charge on any atom is 0.160 e. The summed E-state index contributed by atoms with van der Waals surface area (Å²) in [4.78, 5) is 10.7. The highest BCUT2D eigenvalue weighted by Crippen LogP contribution is 2.49. The summed E-state index contributed by atoms with van der Waals surface area (Å²) in [5, 5.41) is 6.46. The predicted octanol–water partition coefficient (Wildman–Crippen LogP) is 15.0. The summed E-state index contributed by atoms with van der Waals surface area (Å²) in [6.45, 7) is 0. The molecule has 0 radical (unpaired) electrons. The SMILES string of the molecule is C1=C(c2nc(-c3ccccc3)cc(-c3cccc(C4c5ccccc5-c5ccccc54)c3)n2)C=C(c2cc3c(c4ccccc24)C(c2ccccc2)=CC(c2ccccc2)N3)CC1. The third-order valence-electron chi connectivity index (χ3n) is 13.1. The molecule has 63 heavy (non-hydrogen) atoms. The third-order valence-corrected chi connectivity index (χ3v) is 13.1. The molecule has 2 heterocycles. The van der Waals surface area contributed by atoms with E-state index >= 15 is 0 Å². The first kappa shape index (κ1) is 36.9. The minimum Gasteiger partial charge on any atom is -0.374 e. The van der Waals surface area contributed by atoms with E-state index in [-0.39, 0.29) is 12.0 Å². The second-order valence-electron chi connectivity index (χ2n) is 16.8. The molecule has 0 fully saturated rings. The van der Waals surface area contributed by atoms with Gasteiger partial charge < -0.3 is 5.32 Å². The summed E-state index contributed by atoms with van der Waals surface area (Å²) >= 11 is 0. The predicted molar refractivity (Wildman–Crippen MR) is 261 cm³/mol. The van der Waals surface area contributed by atoms with Gasteiger partial charge in [0.05, 0.1) is 17.4 Å². The molecule has 0 saturated heterocycles. The van der Waals surface area contributed by atoms with Crippen LogP contribution in [0, 0.1) is 0 Å². The van der Waals surface area contributed by atoms with Crippen molar-refractivity contribution in [3.05, 3.63) is 263 Å². The highest BCUT2D eigenvalue weighted by molar-refractivity contribution is 6.09. The highest BCUT2D eigenvalue weighted by Gasteiger charge is 2.30. The fourth-order valence-electron chi connectivity index (χ4n) is 10.1. The van der Waals surface area contributed by atoms with Gasteiger partial charge in [-0.05, 0) is 110 Å². The Bertz CT molecular complexity index is 3260. The smallest absolute Gasteiger partial charge is 0.160 e. The first-order valence-corrected chi connectivity index (χ1v) is 22.0. The van der Waals surface area contributed by atoms with E-state index in [0.29, 0.717) is 0 Å². The molecule has 3 aliphatic rings. The lowest BCUT2D eigenvalue weighted by molar-refractivity contribution is 0.973. The molecule has 3 heteroatoms. The van der Waals surface area contributed by atoms with Crippen LogP contribution in [0.5, 0.6) is 0 Å². The van der Waals surface area contributed by atoms with E-state index in [1.165, 1.54) is 72.0 Å². The maximum absolute atomic E-state index is 5.41. The molecule has 1 unspecified atom stereocenters. The number of anilines is 1. The summed E-state index contributed by atoms with van der Waals surface area (Å²) in [5.74, 6) is 0.895. The van der Waals surface area contributed by atoms with E-state index in [1.807, 2.05) is 0 Å². The van der Waals surface area contributed by atoms with Gasteiger partial charge >= 0.3 is 0 Å². The number of benzene rings is 8. The number of nitrogens with one attached hydrogen (secondary N) is 1. The van der Waals surface area contributed by atoms with Crippen molar-refractivity contribution in [2.75, 3.05) is 5.32 Å². The fourth-order valence-corrected chi connectivity index (χ4v) is 10.1. The average molecular weight is 806 g/mol. The number of fused-ring (bicyclic) bond motifs is 6. The molecule has 2 aliphatic carbocycles. The van der Waals surface area contributed by atoms with Crippen molar-refractivity contribution in [3.8, 4) is 33.6 Å². The van der Waals surface area contributed by atoms with Crippen molar-refractivity contribution < 1.29 is 0 Å². The normalized spacial score (nSPS) is 15.4. The van der Waals surface area contributed by atoms with Crippen LogP contribution in [-0.4, -0.2) is 9.97 Å². The summed E-state index contributed by atoms with van der Waals surface area (Å²) < 4.78 is 0. The van der Waals surface area contributed by atoms with Crippen LogP contribution < -0.4 is 5.32 Å². The van der Waals surface area contributed by atoms with Crippen LogP contribution in [0.1, 0.15) is 69.6 Å². The second-order valence-corrected chi connectivity index (χ2v) is 16.8. The van der Waals surface area contributed by atoms with Crippen molar-refractivity contribution in [1.82, 2.24) is 9.97 Å². The molecule has 0 bridgehead atoms. The van der Waals surface area contributed by atoms with Crippen LogP contribution >= 0.6 is 0 Å². The summed E-state index contributed by atoms with van der Waals surface area (Å²) in [7, 11) is 0. The third kappa shape index (κ3) is 6.61. The minimum atomic E-state index is 0.0305. The molecule has 12 rings (SSSR count). The lowest BCUT2D eigenvalue weighted by Crippen LogP contribution is -2.16. The summed E-state index contributed by atoms with van der Waals surface area (Å²) in [5.41, 5.74) is 20.3. The van der Waals surface area contributed by atoms with Gasteiger partial charge in [-0.15, -0.1) is 0 Å². The Kier molecular flexibility index (Phi) is 9.11. The van der Waals surface area contributed by atoms with E-state index in [0.717, 1.165) is 52.4 Å². The van der Waals surface area contributed by atoms with E-state index in [9.17, 15) is 0 Å². The van der Waals surface area contributed by atoms with Gasteiger partial charge in [0.15, 0.2) is 5.82 Å². The largest absolute Gasteiger partial charge is 0.374 e. The van der Waals surface area contributed by atoms with Gasteiger partial charge in [0.25, 0.3) is 0 Å². The molecule has 1 aromatic heterocycles. The molecular formula is C60H43N3. The first-order valence-electron chi connectivity index (χ1n) is 22.0. The zero-order chi connectivity index (χ0) is 41.7. The quantitative estimate of drug-likeness (QED) is 0.174. The van der Waals surface area contributed by atoms with E-state index in [1.54, 1.807) is 0 Å². The molecule has 0 saturated carbocycles. The monoisotopic (exact) mass is 805 g/mol. The van der Waals surface area contributed by atoms with Gasteiger partial charge in [-0.25, -0.2) is 9.97 Å². The zero-order valence-electron chi connectivity index (χ0n) is 34.7. The fraction of sp³-hybridized carbons (Fsp3) is 0.0667. The second kappa shape index (κ2) is 15.5. The molecule has 1 aliphatic heterocycles. The lowest BCUT2D eigenvalue weighted by atomic mass is 9.82. The Morgan fingerprint density at radius 3 is 1.79 bits per heavy atom. The zero-order valence-corrected chi connectivity index (χ0v) is 34.7. The van der Waals surface area contributed by atoms with E-state index < -0.39 is 0 Å². The van der Waals surface area contributed by atoms with E-state index in [4.69, 9.17) is 9.97 Å². The molecule has 1 atom stereocenters. The van der Waals surface area contributed by atoms with Crippen LogP contribution in [0.3, 0.4) is 0 Å². The van der Waals surface area contributed by atoms with Gasteiger partial charge in [-0.3, -0.25) is 0 Å². The standard InChI is InChI=1S/C60H43N3/c1-4-18-39(19-5-1)53-37-54(40-20-6-2-7-21-40)61-57-36-52(48-30-12-15-33-51(48)59(53)57)42-24-16-27-45(34-42)60-62-55(41-22-8-3-9-23-41)38-56(63-60)43-25-17-26-44(35-43)58-49-31-13-10-28-46(49)47-29-11-14-32-50(47)58/h1-15,17-23,25-38,54,58,61H,16,24H2. The Balaban J connectivity index is 0.976. The molecule has 0 spiro atoms. The summed E-state index contributed by atoms with van der Waals surface area (Å²) in [6, 6.07) is 72.3. The van der Waals surface area contributed by atoms with Crippen LogP contribution in [-0.2, 0) is 0 Å². The van der Waals surface area contributed by atoms with Crippen molar-refractivity contribution >= 4 is 33.2 Å². The van der Waals surface area contributed by atoms with Crippen molar-refractivity contribution in [1.29, 1.82) is 0 Å². The van der Waals surface area contributed by atoms with Gasteiger partial charge in [-0.2, -0.15) is 0 Å². The first-order chi connectivity index (χ1) is 31.2. The summed E-state index contributed by atoms with van der Waals surface area (Å²) in [6.07, 6.45) is 8.88. The number of aromatic nitrogens is 2. The van der Waals surface area contributed by atoms with Crippen LogP contribution in [0.15, 0.2) is 218 Å². The number of hydrogen-bond donors (Lipinski definition) is 1. The van der Waals surface area contributed by atoms with Crippen LogP contribution in [0.2, 0.25) is 0 Å². The number of nitrogens with zero attached hydrogens (tertiary/aromatic N) is 2. The average Bonchev–Trinajstić information content (AvgIpc) is 3.71. The van der Waals surface area contributed by atoms with Gasteiger partial charge in [0.1, 0.15) is 0 Å². The van der Waals surface area contributed by atoms with Gasteiger partial charge in [0, 0.05) is 33.9 Å². The Hall–Kier alpha value is -7.88. The topological polar surface area (TPSA) is 37.8 Å². The number of rotatable bonds is 7.